The van der Waals surface area contributed by atoms with E-state index < -0.39 is 5.97 Å². The maximum absolute atomic E-state index is 12.4. The molecule has 2 aromatic heterocycles. The summed E-state index contributed by atoms with van der Waals surface area (Å²) < 4.78 is 17.4. The Morgan fingerprint density at radius 1 is 1.00 bits per heavy atom. The Balaban J connectivity index is 2.03. The van der Waals surface area contributed by atoms with Gasteiger partial charge in [0.05, 0.1) is 29.8 Å². The maximum atomic E-state index is 12.4. The second-order valence-corrected chi connectivity index (χ2v) is 5.32. The van der Waals surface area contributed by atoms with E-state index in [1.807, 2.05) is 28.8 Å². The third kappa shape index (κ3) is 3.28. The Morgan fingerprint density at radius 2 is 1.80 bits per heavy atom. The highest BCUT2D eigenvalue weighted by molar-refractivity contribution is 6.11. The summed E-state index contributed by atoms with van der Waals surface area (Å²) in [6, 6.07) is 10.9. The third-order valence-corrected chi connectivity index (χ3v) is 3.76. The molecule has 0 saturated heterocycles. The summed E-state index contributed by atoms with van der Waals surface area (Å²) in [6.45, 7) is 3.99. The van der Waals surface area contributed by atoms with Crippen LogP contribution in [0.5, 0.6) is 5.75 Å². The van der Waals surface area contributed by atoms with Crippen molar-refractivity contribution in [1.82, 2.24) is 4.40 Å². The second kappa shape index (κ2) is 7.25. The van der Waals surface area contributed by atoms with Gasteiger partial charge in [0.15, 0.2) is 6.61 Å². The predicted octanol–water partition coefficient (Wildman–Crippen LogP) is 3.21. The molecule has 0 aliphatic rings. The Morgan fingerprint density at radius 3 is 2.56 bits per heavy atom. The minimum absolute atomic E-state index is 0.159. The van der Waals surface area contributed by atoms with Crippen LogP contribution < -0.4 is 4.74 Å². The van der Waals surface area contributed by atoms with Crippen LogP contribution in [0.25, 0.3) is 16.4 Å². The Kier molecular flexibility index (Phi) is 4.88. The Bertz CT molecular complexity index is 928. The monoisotopic (exact) mass is 341 g/mol. The lowest BCUT2D eigenvalue weighted by molar-refractivity contribution is -0.145. The highest BCUT2D eigenvalue weighted by Crippen LogP contribution is 2.30. The SMILES string of the molecule is CCOC(=O)COc1ccc2c(C(=O)OCC)c3ccccn3c2c1. The standard InChI is InChI=1S/C19H19NO5/c1-3-23-17(21)12-25-13-8-9-14-16(11-13)20-10-6-5-7-15(20)18(14)19(22)24-4-2/h5-11H,3-4,12H2,1-2H3. The van der Waals surface area contributed by atoms with Gasteiger partial charge in [0.1, 0.15) is 5.75 Å². The minimum Gasteiger partial charge on any atom is -0.482 e. The molecule has 0 unspecified atom stereocenters. The molecule has 0 radical (unpaired) electrons. The van der Waals surface area contributed by atoms with Crippen molar-refractivity contribution in [3.8, 4) is 5.75 Å². The maximum Gasteiger partial charge on any atom is 0.344 e. The number of aromatic nitrogens is 1. The lowest BCUT2D eigenvalue weighted by atomic mass is 10.1. The van der Waals surface area contributed by atoms with Crippen LogP contribution in [0.2, 0.25) is 0 Å². The first-order chi connectivity index (χ1) is 12.2. The summed E-state index contributed by atoms with van der Waals surface area (Å²) in [5.74, 6) is -0.254. The van der Waals surface area contributed by atoms with Gasteiger partial charge in [0, 0.05) is 17.6 Å². The van der Waals surface area contributed by atoms with Crippen LogP contribution in [-0.2, 0) is 14.3 Å². The number of esters is 2. The highest BCUT2D eigenvalue weighted by Gasteiger charge is 2.19. The van der Waals surface area contributed by atoms with Crippen molar-refractivity contribution in [2.75, 3.05) is 19.8 Å². The molecule has 0 saturated carbocycles. The molecule has 0 aliphatic heterocycles. The Labute approximate surface area is 144 Å². The van der Waals surface area contributed by atoms with Crippen molar-refractivity contribution in [3.05, 3.63) is 48.2 Å². The number of fused-ring (bicyclic) bond motifs is 3. The van der Waals surface area contributed by atoms with Gasteiger partial charge in [-0.2, -0.15) is 0 Å². The molecule has 3 rings (SSSR count). The van der Waals surface area contributed by atoms with E-state index in [0.717, 1.165) is 16.4 Å². The van der Waals surface area contributed by atoms with Crippen LogP contribution in [0.1, 0.15) is 24.2 Å². The topological polar surface area (TPSA) is 66.2 Å². The number of ether oxygens (including phenoxy) is 3. The largest absolute Gasteiger partial charge is 0.482 e. The lowest BCUT2D eigenvalue weighted by Gasteiger charge is -2.06. The van der Waals surface area contributed by atoms with Crippen molar-refractivity contribution >= 4 is 28.4 Å². The summed E-state index contributed by atoms with van der Waals surface area (Å²) in [5.41, 5.74) is 2.09. The van der Waals surface area contributed by atoms with Crippen molar-refractivity contribution in [2.45, 2.75) is 13.8 Å². The zero-order chi connectivity index (χ0) is 17.8. The van der Waals surface area contributed by atoms with Crippen molar-refractivity contribution in [2.24, 2.45) is 0 Å². The van der Waals surface area contributed by atoms with E-state index in [1.165, 1.54) is 0 Å². The van der Waals surface area contributed by atoms with Gasteiger partial charge in [0.25, 0.3) is 0 Å². The number of carbonyl (C=O) groups excluding carboxylic acids is 2. The molecule has 6 heteroatoms. The van der Waals surface area contributed by atoms with Crippen LogP contribution in [0.3, 0.4) is 0 Å². The summed E-state index contributed by atoms with van der Waals surface area (Å²) in [7, 11) is 0. The smallest absolute Gasteiger partial charge is 0.344 e. The van der Waals surface area contributed by atoms with Gasteiger partial charge in [0.2, 0.25) is 0 Å². The van der Waals surface area contributed by atoms with Crippen LogP contribution in [-0.4, -0.2) is 36.2 Å². The molecule has 0 amide bonds. The number of benzene rings is 1. The van der Waals surface area contributed by atoms with Gasteiger partial charge in [-0.15, -0.1) is 0 Å². The van der Waals surface area contributed by atoms with Crippen LogP contribution in [0.4, 0.5) is 0 Å². The summed E-state index contributed by atoms with van der Waals surface area (Å²) in [6.07, 6.45) is 1.87. The van der Waals surface area contributed by atoms with E-state index in [4.69, 9.17) is 14.2 Å². The van der Waals surface area contributed by atoms with Crippen molar-refractivity contribution in [1.29, 1.82) is 0 Å². The van der Waals surface area contributed by atoms with Crippen LogP contribution in [0, 0.1) is 0 Å². The van der Waals surface area contributed by atoms with Gasteiger partial charge in [-0.25, -0.2) is 9.59 Å². The average molecular weight is 341 g/mol. The van der Waals surface area contributed by atoms with E-state index in [2.05, 4.69) is 0 Å². The molecule has 1 aromatic carbocycles. The lowest BCUT2D eigenvalue weighted by Crippen LogP contribution is -2.14. The van der Waals surface area contributed by atoms with Gasteiger partial charge < -0.3 is 18.6 Å². The first-order valence-electron chi connectivity index (χ1n) is 8.14. The number of hydrogen-bond acceptors (Lipinski definition) is 5. The number of pyridine rings is 1. The number of carbonyl (C=O) groups is 2. The highest BCUT2D eigenvalue weighted by atomic mass is 16.6. The van der Waals surface area contributed by atoms with E-state index >= 15 is 0 Å². The summed E-state index contributed by atoms with van der Waals surface area (Å²) in [5, 5.41) is 0.771. The number of nitrogens with zero attached hydrogens (tertiary/aromatic N) is 1. The molecule has 25 heavy (non-hydrogen) atoms. The van der Waals surface area contributed by atoms with Gasteiger partial charge >= 0.3 is 11.9 Å². The molecule has 130 valence electrons. The molecule has 6 nitrogen and oxygen atoms in total. The zero-order valence-corrected chi connectivity index (χ0v) is 14.2. The molecule has 0 N–H and O–H groups in total. The molecule has 0 fully saturated rings. The Hall–Kier alpha value is -3.02. The fourth-order valence-electron chi connectivity index (χ4n) is 2.77. The van der Waals surface area contributed by atoms with Gasteiger partial charge in [-0.05, 0) is 38.1 Å². The summed E-state index contributed by atoms with van der Waals surface area (Å²) in [4.78, 5) is 23.8. The molecule has 2 heterocycles. The van der Waals surface area contributed by atoms with E-state index in [0.29, 0.717) is 24.5 Å². The fourth-order valence-corrected chi connectivity index (χ4v) is 2.77. The van der Waals surface area contributed by atoms with E-state index in [-0.39, 0.29) is 12.6 Å². The minimum atomic E-state index is -0.421. The molecule has 0 aliphatic carbocycles. The molecular formula is C19H19NO5. The summed E-state index contributed by atoms with van der Waals surface area (Å²) >= 11 is 0. The van der Waals surface area contributed by atoms with Crippen molar-refractivity contribution in [3.63, 3.8) is 0 Å². The third-order valence-electron chi connectivity index (χ3n) is 3.76. The molecule has 0 spiro atoms. The van der Waals surface area contributed by atoms with Crippen LogP contribution >= 0.6 is 0 Å². The molecule has 0 atom stereocenters. The van der Waals surface area contributed by atoms with Crippen LogP contribution in [0.15, 0.2) is 42.6 Å². The van der Waals surface area contributed by atoms with Gasteiger partial charge in [-0.1, -0.05) is 6.07 Å². The second-order valence-electron chi connectivity index (χ2n) is 5.32. The van der Waals surface area contributed by atoms with E-state index in [9.17, 15) is 9.59 Å². The van der Waals surface area contributed by atoms with Crippen molar-refractivity contribution < 1.29 is 23.8 Å². The zero-order valence-electron chi connectivity index (χ0n) is 14.2. The first-order valence-corrected chi connectivity index (χ1v) is 8.14. The molecule has 0 bridgehead atoms. The normalized spacial score (nSPS) is 10.8. The molecule has 3 aromatic rings. The van der Waals surface area contributed by atoms with Gasteiger partial charge in [-0.3, -0.25) is 0 Å². The number of hydrogen-bond donors (Lipinski definition) is 0. The first kappa shape index (κ1) is 16.8. The fraction of sp³-hybridized carbons (Fsp3) is 0.263. The average Bonchev–Trinajstić information content (AvgIpc) is 2.94. The predicted molar refractivity (Wildman–Crippen MR) is 93.0 cm³/mol. The van der Waals surface area contributed by atoms with E-state index in [1.54, 1.807) is 32.0 Å². The molecular weight excluding hydrogens is 322 g/mol. The number of rotatable bonds is 6. The quantitative estimate of drug-likeness (QED) is 0.644.